The first-order chi connectivity index (χ1) is 5.22. The Kier molecular flexibility index (Phi) is 2.12. The van der Waals surface area contributed by atoms with E-state index in [1.807, 2.05) is 0 Å². The van der Waals surface area contributed by atoms with E-state index in [0.29, 0.717) is 6.42 Å². The Labute approximate surface area is 64.3 Å². The van der Waals surface area contributed by atoms with Gasteiger partial charge in [0.1, 0.15) is 0 Å². The largest absolute Gasteiger partial charge is 0.334 e. The second kappa shape index (κ2) is 3.06. The minimum atomic E-state index is -0.457. The van der Waals surface area contributed by atoms with E-state index < -0.39 is 6.03 Å². The van der Waals surface area contributed by atoms with Crippen molar-refractivity contribution in [3.05, 3.63) is 0 Å². The molecule has 3 amide bonds. The lowest BCUT2D eigenvalue weighted by molar-refractivity contribution is -0.121. The van der Waals surface area contributed by atoms with E-state index in [2.05, 4.69) is 16.6 Å². The summed E-state index contributed by atoms with van der Waals surface area (Å²) in [4.78, 5) is 21.4. The van der Waals surface area contributed by atoms with E-state index in [1.165, 1.54) is 0 Å². The molecular weight excluding hydrogens is 144 g/mol. The fourth-order valence-corrected chi connectivity index (χ4v) is 0.939. The second-order valence-corrected chi connectivity index (χ2v) is 2.33. The Morgan fingerprint density at radius 2 is 2.36 bits per heavy atom. The van der Waals surface area contributed by atoms with Gasteiger partial charge in [-0.15, -0.1) is 12.3 Å². The first-order valence-electron chi connectivity index (χ1n) is 3.26. The van der Waals surface area contributed by atoms with Crippen LogP contribution in [0.25, 0.3) is 0 Å². The number of hydrogen-bond donors (Lipinski definition) is 2. The Bertz CT molecular complexity index is 213. The van der Waals surface area contributed by atoms with Gasteiger partial charge < -0.3 is 5.32 Å². The summed E-state index contributed by atoms with van der Waals surface area (Å²) in [7, 11) is 0. The Morgan fingerprint density at radius 1 is 1.64 bits per heavy atom. The van der Waals surface area contributed by atoms with Gasteiger partial charge in [0.25, 0.3) is 0 Å². The lowest BCUT2D eigenvalue weighted by Gasteiger charge is -2.20. The van der Waals surface area contributed by atoms with Crippen LogP contribution in [0.3, 0.4) is 0 Å². The van der Waals surface area contributed by atoms with Crippen LogP contribution in [0, 0.1) is 12.3 Å². The van der Waals surface area contributed by atoms with E-state index in [4.69, 9.17) is 6.42 Å². The Hall–Kier alpha value is -1.50. The predicted molar refractivity (Wildman–Crippen MR) is 38.5 cm³/mol. The number of urea groups is 1. The molecule has 1 atom stereocenters. The molecule has 0 aromatic rings. The van der Waals surface area contributed by atoms with E-state index in [9.17, 15) is 9.59 Å². The first kappa shape index (κ1) is 7.61. The van der Waals surface area contributed by atoms with Gasteiger partial charge in [0.15, 0.2) is 0 Å². The maximum atomic E-state index is 10.7. The van der Waals surface area contributed by atoms with Gasteiger partial charge in [0.05, 0.1) is 6.04 Å². The minimum Gasteiger partial charge on any atom is -0.334 e. The quantitative estimate of drug-likeness (QED) is 0.502. The average molecular weight is 152 g/mol. The molecule has 0 aromatic carbocycles. The first-order valence-corrected chi connectivity index (χ1v) is 3.26. The molecule has 0 aliphatic carbocycles. The summed E-state index contributed by atoms with van der Waals surface area (Å²) >= 11 is 0. The molecule has 1 heterocycles. The molecule has 1 aliphatic rings. The number of carbonyl (C=O) groups is 2. The zero-order valence-electron chi connectivity index (χ0n) is 5.89. The van der Waals surface area contributed by atoms with E-state index in [0.717, 1.165) is 0 Å². The molecule has 1 fully saturated rings. The molecule has 11 heavy (non-hydrogen) atoms. The number of terminal acetylenes is 1. The topological polar surface area (TPSA) is 58.2 Å². The Morgan fingerprint density at radius 3 is 2.91 bits per heavy atom. The fraction of sp³-hybridized carbons (Fsp3) is 0.429. The number of amides is 3. The highest BCUT2D eigenvalue weighted by atomic mass is 16.2. The number of nitrogens with one attached hydrogen (secondary N) is 2. The van der Waals surface area contributed by atoms with Crippen molar-refractivity contribution in [2.45, 2.75) is 18.9 Å². The third-order valence-corrected chi connectivity index (χ3v) is 1.38. The van der Waals surface area contributed by atoms with Gasteiger partial charge in [-0.05, 0) is 0 Å². The molecule has 0 radical (unpaired) electrons. The number of rotatable bonds is 1. The van der Waals surface area contributed by atoms with E-state index in [1.54, 1.807) is 0 Å². The van der Waals surface area contributed by atoms with Crippen LogP contribution < -0.4 is 10.6 Å². The van der Waals surface area contributed by atoms with Crippen molar-refractivity contribution in [2.24, 2.45) is 0 Å². The number of imide groups is 1. The van der Waals surface area contributed by atoms with Crippen LogP contribution >= 0.6 is 0 Å². The molecule has 0 spiro atoms. The highest BCUT2D eigenvalue weighted by Crippen LogP contribution is 2.00. The van der Waals surface area contributed by atoms with Gasteiger partial charge in [0, 0.05) is 12.8 Å². The molecular formula is C7H8N2O2. The van der Waals surface area contributed by atoms with Crippen LogP contribution in [0.2, 0.25) is 0 Å². The second-order valence-electron chi connectivity index (χ2n) is 2.33. The van der Waals surface area contributed by atoms with Gasteiger partial charge in [-0.3, -0.25) is 10.1 Å². The van der Waals surface area contributed by atoms with Gasteiger partial charge >= 0.3 is 6.03 Å². The third-order valence-electron chi connectivity index (χ3n) is 1.38. The van der Waals surface area contributed by atoms with Crippen LogP contribution in [-0.4, -0.2) is 18.0 Å². The van der Waals surface area contributed by atoms with Crippen LogP contribution in [0.5, 0.6) is 0 Å². The van der Waals surface area contributed by atoms with Gasteiger partial charge in [-0.25, -0.2) is 4.79 Å². The summed E-state index contributed by atoms with van der Waals surface area (Å²) in [6.07, 6.45) is 5.69. The summed E-state index contributed by atoms with van der Waals surface area (Å²) in [5, 5.41) is 4.64. The molecule has 0 bridgehead atoms. The standard InChI is InChI=1S/C7H8N2O2/c1-2-3-5-4-6(10)9-7(11)8-5/h1,5H,3-4H2,(H2,8,9,10,11). The van der Waals surface area contributed by atoms with Crippen molar-refractivity contribution in [3.8, 4) is 12.3 Å². The molecule has 0 saturated carbocycles. The van der Waals surface area contributed by atoms with Crippen molar-refractivity contribution >= 4 is 11.9 Å². The number of carbonyl (C=O) groups excluding carboxylic acids is 2. The van der Waals surface area contributed by atoms with Crippen molar-refractivity contribution in [3.63, 3.8) is 0 Å². The highest BCUT2D eigenvalue weighted by molar-refractivity contribution is 5.97. The summed E-state index contributed by atoms with van der Waals surface area (Å²) in [6.45, 7) is 0. The third kappa shape index (κ3) is 1.97. The molecule has 4 heteroatoms. The van der Waals surface area contributed by atoms with Crippen molar-refractivity contribution in [1.82, 2.24) is 10.6 Å². The van der Waals surface area contributed by atoms with Crippen LogP contribution in [0.15, 0.2) is 0 Å². The zero-order chi connectivity index (χ0) is 8.27. The fourth-order valence-electron chi connectivity index (χ4n) is 0.939. The van der Waals surface area contributed by atoms with Gasteiger partial charge in [-0.2, -0.15) is 0 Å². The van der Waals surface area contributed by atoms with Crippen molar-refractivity contribution < 1.29 is 9.59 Å². The minimum absolute atomic E-state index is 0.193. The normalized spacial score (nSPS) is 23.4. The molecule has 1 saturated heterocycles. The van der Waals surface area contributed by atoms with E-state index in [-0.39, 0.29) is 18.4 Å². The molecule has 0 aromatic heterocycles. The Balaban J connectivity index is 2.51. The van der Waals surface area contributed by atoms with Gasteiger partial charge in [-0.1, -0.05) is 0 Å². The van der Waals surface area contributed by atoms with E-state index >= 15 is 0 Å². The average Bonchev–Trinajstić information content (AvgIpc) is 1.85. The van der Waals surface area contributed by atoms with Crippen LogP contribution in [0.1, 0.15) is 12.8 Å². The van der Waals surface area contributed by atoms with Crippen LogP contribution in [-0.2, 0) is 4.79 Å². The molecule has 2 N–H and O–H groups in total. The molecule has 1 aliphatic heterocycles. The maximum absolute atomic E-state index is 10.7. The summed E-state index contributed by atoms with van der Waals surface area (Å²) in [6, 6.07) is -0.650. The maximum Gasteiger partial charge on any atom is 0.321 e. The monoisotopic (exact) mass is 152 g/mol. The van der Waals surface area contributed by atoms with Gasteiger partial charge in [0.2, 0.25) is 5.91 Å². The lowest BCUT2D eigenvalue weighted by atomic mass is 10.1. The van der Waals surface area contributed by atoms with Crippen LogP contribution in [0.4, 0.5) is 4.79 Å². The molecule has 4 nitrogen and oxygen atoms in total. The lowest BCUT2D eigenvalue weighted by Crippen LogP contribution is -2.51. The molecule has 58 valence electrons. The van der Waals surface area contributed by atoms with Crippen molar-refractivity contribution in [1.29, 1.82) is 0 Å². The highest BCUT2D eigenvalue weighted by Gasteiger charge is 2.22. The SMILES string of the molecule is C#CCC1CC(=O)NC(=O)N1. The molecule has 1 unspecified atom stereocenters. The summed E-state index contributed by atoms with van der Waals surface area (Å²) in [5.74, 6) is 2.11. The molecule has 1 rings (SSSR count). The smallest absolute Gasteiger partial charge is 0.321 e. The predicted octanol–water partition coefficient (Wildman–Crippen LogP) is -0.392. The summed E-state index contributed by atoms with van der Waals surface area (Å²) < 4.78 is 0. The van der Waals surface area contributed by atoms with Crippen molar-refractivity contribution in [2.75, 3.05) is 0 Å². The summed E-state index contributed by atoms with van der Waals surface area (Å²) in [5.41, 5.74) is 0. The number of hydrogen-bond acceptors (Lipinski definition) is 2. The zero-order valence-corrected chi connectivity index (χ0v) is 5.89.